The van der Waals surface area contributed by atoms with E-state index in [-0.39, 0.29) is 11.8 Å². The molecule has 4 nitrogen and oxygen atoms in total. The Morgan fingerprint density at radius 1 is 1.53 bits per heavy atom. The molecule has 0 spiro atoms. The molecule has 0 fully saturated rings. The summed E-state index contributed by atoms with van der Waals surface area (Å²) in [4.78, 5) is 22.2. The van der Waals surface area contributed by atoms with E-state index < -0.39 is 12.0 Å². The van der Waals surface area contributed by atoms with E-state index in [1.807, 2.05) is 6.92 Å². The number of carbonyl (C=O) groups excluding carboxylic acids is 1. The van der Waals surface area contributed by atoms with Crippen molar-refractivity contribution in [3.63, 3.8) is 0 Å². The predicted molar refractivity (Wildman–Crippen MR) is 65.6 cm³/mol. The van der Waals surface area contributed by atoms with Crippen LogP contribution >= 0.6 is 24.4 Å². The summed E-state index contributed by atoms with van der Waals surface area (Å²) < 4.78 is 0. The summed E-state index contributed by atoms with van der Waals surface area (Å²) in [5.41, 5.74) is 0. The van der Waals surface area contributed by atoms with Crippen LogP contribution in [-0.4, -0.2) is 40.3 Å². The van der Waals surface area contributed by atoms with Crippen LogP contribution in [0.5, 0.6) is 0 Å². The molecule has 0 heterocycles. The number of carbonyl (C=O) groups is 2. The third-order valence-electron chi connectivity index (χ3n) is 1.82. The quantitative estimate of drug-likeness (QED) is 0.588. The van der Waals surface area contributed by atoms with Gasteiger partial charge in [0.15, 0.2) is 0 Å². The molecule has 0 radical (unpaired) electrons. The first kappa shape index (κ1) is 14.6. The molecule has 88 valence electrons. The molecule has 0 aromatic carbocycles. The molecule has 0 aromatic heterocycles. The summed E-state index contributed by atoms with van der Waals surface area (Å²) in [6, 6.07) is -0.801. The van der Waals surface area contributed by atoms with Crippen molar-refractivity contribution in [2.24, 2.45) is 5.92 Å². The van der Waals surface area contributed by atoms with Crippen molar-refractivity contribution in [1.29, 1.82) is 0 Å². The number of carboxylic acid groups (broad SMARTS) is 1. The molecule has 0 unspecified atom stereocenters. The lowest BCUT2D eigenvalue weighted by Gasteiger charge is -2.16. The number of hydrogen-bond donors (Lipinski definition) is 3. The Bertz CT molecular complexity index is 223. The van der Waals surface area contributed by atoms with E-state index in [0.717, 1.165) is 5.75 Å². The molecule has 0 saturated carbocycles. The Labute approximate surface area is 99.6 Å². The topological polar surface area (TPSA) is 66.4 Å². The summed E-state index contributed by atoms with van der Waals surface area (Å²) in [6.07, 6.45) is 0. The molecule has 0 aliphatic rings. The zero-order valence-electron chi connectivity index (χ0n) is 8.90. The maximum absolute atomic E-state index is 11.4. The van der Waals surface area contributed by atoms with Gasteiger partial charge in [0.1, 0.15) is 6.04 Å². The molecule has 15 heavy (non-hydrogen) atoms. The van der Waals surface area contributed by atoms with Crippen LogP contribution in [0.1, 0.15) is 13.8 Å². The lowest BCUT2D eigenvalue weighted by molar-refractivity contribution is -0.141. The molecule has 0 aromatic rings. The molecule has 0 bridgehead atoms. The van der Waals surface area contributed by atoms with Crippen molar-refractivity contribution >= 4 is 36.3 Å². The smallest absolute Gasteiger partial charge is 0.327 e. The fourth-order valence-corrected chi connectivity index (χ4v) is 1.67. The molecule has 2 atom stereocenters. The molecule has 0 aliphatic carbocycles. The monoisotopic (exact) mass is 251 g/mol. The zero-order valence-corrected chi connectivity index (χ0v) is 10.6. The highest BCUT2D eigenvalue weighted by atomic mass is 32.2. The van der Waals surface area contributed by atoms with Crippen LogP contribution in [0, 0.1) is 5.92 Å². The Morgan fingerprint density at radius 2 is 2.13 bits per heavy atom. The van der Waals surface area contributed by atoms with Crippen molar-refractivity contribution in [3.05, 3.63) is 0 Å². The van der Waals surface area contributed by atoms with Crippen LogP contribution in [0.15, 0.2) is 0 Å². The number of rotatable bonds is 7. The van der Waals surface area contributed by atoms with Crippen LogP contribution < -0.4 is 5.32 Å². The highest BCUT2D eigenvalue weighted by Gasteiger charge is 2.21. The largest absolute Gasteiger partial charge is 0.480 e. The van der Waals surface area contributed by atoms with Crippen molar-refractivity contribution in [3.8, 4) is 0 Å². The zero-order chi connectivity index (χ0) is 11.8. The second-order valence-corrected chi connectivity index (χ2v) is 4.83. The molecular formula is C9H17NO3S2. The maximum Gasteiger partial charge on any atom is 0.327 e. The molecule has 0 rings (SSSR count). The highest BCUT2D eigenvalue weighted by Crippen LogP contribution is 2.04. The SMILES string of the molecule is CCSC[C@H](NC(=O)[C@H](C)CS)C(=O)O. The van der Waals surface area contributed by atoms with Crippen molar-refractivity contribution in [1.82, 2.24) is 5.32 Å². The van der Waals surface area contributed by atoms with Crippen LogP contribution in [0.25, 0.3) is 0 Å². The fourth-order valence-electron chi connectivity index (χ4n) is 0.807. The maximum atomic E-state index is 11.4. The van der Waals surface area contributed by atoms with Crippen molar-refractivity contribution < 1.29 is 14.7 Å². The van der Waals surface area contributed by atoms with E-state index in [0.29, 0.717) is 11.5 Å². The first-order valence-electron chi connectivity index (χ1n) is 4.74. The summed E-state index contributed by atoms with van der Waals surface area (Å²) in [5, 5.41) is 11.3. The molecule has 6 heteroatoms. The first-order valence-corrected chi connectivity index (χ1v) is 6.53. The van der Waals surface area contributed by atoms with E-state index in [2.05, 4.69) is 17.9 Å². The van der Waals surface area contributed by atoms with E-state index in [4.69, 9.17) is 5.11 Å². The number of nitrogens with one attached hydrogen (secondary N) is 1. The lowest BCUT2D eigenvalue weighted by atomic mass is 10.2. The van der Waals surface area contributed by atoms with Gasteiger partial charge in [-0.1, -0.05) is 13.8 Å². The van der Waals surface area contributed by atoms with Crippen LogP contribution in [-0.2, 0) is 9.59 Å². The number of carboxylic acids is 1. The molecular weight excluding hydrogens is 234 g/mol. The van der Waals surface area contributed by atoms with Crippen LogP contribution in [0.2, 0.25) is 0 Å². The Balaban J connectivity index is 4.16. The highest BCUT2D eigenvalue weighted by molar-refractivity contribution is 7.99. The van der Waals surface area contributed by atoms with Crippen LogP contribution in [0.3, 0.4) is 0 Å². The van der Waals surface area contributed by atoms with Gasteiger partial charge in [-0.05, 0) is 5.75 Å². The minimum absolute atomic E-state index is 0.255. The van der Waals surface area contributed by atoms with Gasteiger partial charge in [0.05, 0.1) is 0 Å². The number of aliphatic carboxylic acids is 1. The number of hydrogen-bond acceptors (Lipinski definition) is 4. The minimum atomic E-state index is -0.990. The van der Waals surface area contributed by atoms with Crippen LogP contribution in [0.4, 0.5) is 0 Å². The second-order valence-electron chi connectivity index (χ2n) is 3.14. The Hall–Kier alpha value is -0.360. The summed E-state index contributed by atoms with van der Waals surface area (Å²) in [7, 11) is 0. The molecule has 0 saturated heterocycles. The number of thioether (sulfide) groups is 1. The minimum Gasteiger partial charge on any atom is -0.480 e. The van der Waals surface area contributed by atoms with E-state index >= 15 is 0 Å². The average Bonchev–Trinajstić information content (AvgIpc) is 2.22. The van der Waals surface area contributed by atoms with Crippen molar-refractivity contribution in [2.45, 2.75) is 19.9 Å². The first-order chi connectivity index (χ1) is 7.02. The van der Waals surface area contributed by atoms with Gasteiger partial charge >= 0.3 is 5.97 Å². The lowest BCUT2D eigenvalue weighted by Crippen LogP contribution is -2.45. The van der Waals surface area contributed by atoms with Gasteiger partial charge in [0.25, 0.3) is 0 Å². The van der Waals surface area contributed by atoms with E-state index in [9.17, 15) is 9.59 Å². The summed E-state index contributed by atoms with van der Waals surface area (Å²) >= 11 is 5.48. The third kappa shape index (κ3) is 5.94. The van der Waals surface area contributed by atoms with E-state index in [1.165, 1.54) is 11.8 Å². The normalized spacial score (nSPS) is 14.3. The Kier molecular flexibility index (Phi) is 7.68. The van der Waals surface area contributed by atoms with Gasteiger partial charge in [-0.2, -0.15) is 24.4 Å². The molecule has 1 amide bonds. The Morgan fingerprint density at radius 3 is 2.53 bits per heavy atom. The number of amides is 1. The molecule has 2 N–H and O–H groups in total. The van der Waals surface area contributed by atoms with Gasteiger partial charge in [0.2, 0.25) is 5.91 Å². The summed E-state index contributed by atoms with van der Waals surface area (Å²) in [5.74, 6) is 0.143. The standard InChI is InChI=1S/C9H17NO3S2/c1-3-15-5-7(9(12)13)10-8(11)6(2)4-14/h6-7,14H,3-5H2,1-2H3,(H,10,11)(H,12,13)/t6-,7+/m1/s1. The summed E-state index contributed by atoms with van der Waals surface area (Å²) in [6.45, 7) is 3.66. The predicted octanol–water partition coefficient (Wildman–Crippen LogP) is 0.875. The fraction of sp³-hybridized carbons (Fsp3) is 0.778. The third-order valence-corrected chi connectivity index (χ3v) is 3.35. The van der Waals surface area contributed by atoms with E-state index in [1.54, 1.807) is 6.92 Å². The van der Waals surface area contributed by atoms with Gasteiger partial charge < -0.3 is 10.4 Å². The second kappa shape index (κ2) is 7.87. The van der Waals surface area contributed by atoms with Gasteiger partial charge in [-0.25, -0.2) is 4.79 Å². The average molecular weight is 251 g/mol. The van der Waals surface area contributed by atoms with Gasteiger partial charge in [-0.15, -0.1) is 0 Å². The van der Waals surface area contributed by atoms with Gasteiger partial charge in [-0.3, -0.25) is 4.79 Å². The van der Waals surface area contributed by atoms with Crippen molar-refractivity contribution in [2.75, 3.05) is 17.3 Å². The molecule has 0 aliphatic heterocycles. The number of thiol groups is 1. The van der Waals surface area contributed by atoms with Gasteiger partial charge in [0, 0.05) is 17.4 Å².